The van der Waals surface area contributed by atoms with Crippen LogP contribution in [-0.4, -0.2) is 33.2 Å². The Kier molecular flexibility index (Phi) is 5.35. The molecule has 1 aliphatic rings. The number of hydrogen-bond donors (Lipinski definition) is 1. The number of hydrogen-bond acceptors (Lipinski definition) is 5. The molecule has 0 bridgehead atoms. The van der Waals surface area contributed by atoms with Crippen LogP contribution in [0.5, 0.6) is 0 Å². The molecular formula is C23H21N3O2. The Morgan fingerprint density at radius 3 is 2.64 bits per heavy atom. The largest absolute Gasteiger partial charge is 0.396 e. The number of pyridine rings is 2. The van der Waals surface area contributed by atoms with Crippen LogP contribution in [0.4, 0.5) is 0 Å². The number of aliphatic imine (C=N–C) groups is 1. The second-order valence-electron chi connectivity index (χ2n) is 6.94. The zero-order chi connectivity index (χ0) is 19.3. The number of nitrogens with zero attached hydrogens (tertiary/aromatic N) is 3. The van der Waals surface area contributed by atoms with Gasteiger partial charge in [-0.25, -0.2) is 0 Å². The van der Waals surface area contributed by atoms with Crippen LogP contribution in [0, 0.1) is 0 Å². The average Bonchev–Trinajstić information content (AvgIpc) is 3.16. The second kappa shape index (κ2) is 8.23. The SMILES string of the molecule is O=C(Cc1cc2c(cn1)C(c1ccncc1)=NC2)C[C@H](CO)c1ccccc1. The van der Waals surface area contributed by atoms with Gasteiger partial charge in [0.25, 0.3) is 0 Å². The molecule has 0 fully saturated rings. The van der Waals surface area contributed by atoms with Crippen molar-refractivity contribution in [2.24, 2.45) is 4.99 Å². The first kappa shape index (κ1) is 18.2. The molecule has 0 saturated carbocycles. The van der Waals surface area contributed by atoms with E-state index in [1.54, 1.807) is 12.4 Å². The van der Waals surface area contributed by atoms with Gasteiger partial charge in [0.2, 0.25) is 0 Å². The summed E-state index contributed by atoms with van der Waals surface area (Å²) in [5, 5.41) is 9.67. The van der Waals surface area contributed by atoms with Gasteiger partial charge >= 0.3 is 0 Å². The van der Waals surface area contributed by atoms with E-state index in [0.29, 0.717) is 13.0 Å². The Balaban J connectivity index is 1.45. The van der Waals surface area contributed by atoms with Gasteiger partial charge in [0.15, 0.2) is 0 Å². The van der Waals surface area contributed by atoms with Crippen LogP contribution in [0.1, 0.15) is 40.3 Å². The summed E-state index contributed by atoms with van der Waals surface area (Å²) in [6, 6.07) is 15.5. The molecule has 140 valence electrons. The van der Waals surface area contributed by atoms with Crippen molar-refractivity contribution in [3.63, 3.8) is 0 Å². The van der Waals surface area contributed by atoms with Gasteiger partial charge in [-0.1, -0.05) is 30.3 Å². The number of carbonyl (C=O) groups is 1. The number of fused-ring (bicyclic) bond motifs is 1. The smallest absolute Gasteiger partial charge is 0.139 e. The molecule has 3 heterocycles. The predicted molar refractivity (Wildman–Crippen MR) is 107 cm³/mol. The molecule has 0 radical (unpaired) electrons. The van der Waals surface area contributed by atoms with Gasteiger partial charge in [0, 0.05) is 54.2 Å². The third-order valence-electron chi connectivity index (χ3n) is 5.01. The van der Waals surface area contributed by atoms with Gasteiger partial charge in [0.1, 0.15) is 5.78 Å². The molecule has 4 rings (SSSR count). The van der Waals surface area contributed by atoms with E-state index in [-0.39, 0.29) is 24.7 Å². The van der Waals surface area contributed by atoms with Crippen molar-refractivity contribution in [3.8, 4) is 0 Å². The fourth-order valence-electron chi connectivity index (χ4n) is 3.56. The third-order valence-corrected chi connectivity index (χ3v) is 5.01. The minimum Gasteiger partial charge on any atom is -0.396 e. The molecule has 1 atom stereocenters. The molecule has 5 heteroatoms. The topological polar surface area (TPSA) is 75.4 Å². The number of ketones is 1. The Labute approximate surface area is 163 Å². The average molecular weight is 371 g/mol. The van der Waals surface area contributed by atoms with Crippen molar-refractivity contribution in [2.75, 3.05) is 6.61 Å². The van der Waals surface area contributed by atoms with Gasteiger partial charge in [0.05, 0.1) is 18.9 Å². The fraction of sp³-hybridized carbons (Fsp3) is 0.217. The van der Waals surface area contributed by atoms with Gasteiger partial charge in [-0.2, -0.15) is 0 Å². The Morgan fingerprint density at radius 1 is 1.11 bits per heavy atom. The van der Waals surface area contributed by atoms with E-state index in [0.717, 1.165) is 33.7 Å². The third kappa shape index (κ3) is 3.89. The van der Waals surface area contributed by atoms with Gasteiger partial charge in [-0.3, -0.25) is 19.8 Å². The summed E-state index contributed by atoms with van der Waals surface area (Å²) in [5.41, 5.74) is 5.78. The van der Waals surface area contributed by atoms with Crippen LogP contribution in [0.25, 0.3) is 0 Å². The maximum Gasteiger partial charge on any atom is 0.139 e. The summed E-state index contributed by atoms with van der Waals surface area (Å²) in [6.07, 6.45) is 5.88. The molecule has 28 heavy (non-hydrogen) atoms. The summed E-state index contributed by atoms with van der Waals surface area (Å²) in [5.74, 6) is -0.103. The number of benzene rings is 1. The molecule has 0 spiro atoms. The number of carbonyl (C=O) groups excluding carboxylic acids is 1. The molecule has 1 N–H and O–H groups in total. The highest BCUT2D eigenvalue weighted by Crippen LogP contribution is 2.24. The number of aliphatic hydroxyl groups is 1. The summed E-state index contributed by atoms with van der Waals surface area (Å²) in [4.78, 5) is 25.7. The number of rotatable bonds is 7. The fourth-order valence-corrected chi connectivity index (χ4v) is 3.56. The lowest BCUT2D eigenvalue weighted by Crippen LogP contribution is -2.13. The molecule has 5 nitrogen and oxygen atoms in total. The highest BCUT2D eigenvalue weighted by atomic mass is 16.3. The molecule has 3 aromatic rings. The van der Waals surface area contributed by atoms with Crippen LogP contribution in [0.2, 0.25) is 0 Å². The van der Waals surface area contributed by atoms with Crippen molar-refractivity contribution in [1.82, 2.24) is 9.97 Å². The first-order valence-corrected chi connectivity index (χ1v) is 9.35. The van der Waals surface area contributed by atoms with Gasteiger partial charge in [-0.05, 0) is 29.3 Å². The molecule has 0 amide bonds. The van der Waals surface area contributed by atoms with E-state index in [2.05, 4.69) is 15.0 Å². The zero-order valence-electron chi connectivity index (χ0n) is 15.5. The van der Waals surface area contributed by atoms with Crippen LogP contribution in [0.3, 0.4) is 0 Å². The minimum atomic E-state index is -0.176. The molecular weight excluding hydrogens is 350 g/mol. The minimum absolute atomic E-state index is 0.0451. The molecule has 0 saturated heterocycles. The summed E-state index contributed by atoms with van der Waals surface area (Å²) < 4.78 is 0. The van der Waals surface area contributed by atoms with Crippen molar-refractivity contribution in [2.45, 2.75) is 25.3 Å². The van der Waals surface area contributed by atoms with Crippen molar-refractivity contribution < 1.29 is 9.90 Å². The molecule has 1 aromatic carbocycles. The molecule has 0 unspecified atom stereocenters. The Hall–Kier alpha value is -3.18. The standard InChI is InChI=1S/C23H21N3O2/c27-15-19(16-4-2-1-3-5-16)11-21(28)12-20-10-18-13-26-23(22(18)14-25-20)17-6-8-24-9-7-17/h1-10,14,19,27H,11-13,15H2/t19-/m1/s1. The quantitative estimate of drug-likeness (QED) is 0.692. The molecule has 0 aliphatic carbocycles. The van der Waals surface area contributed by atoms with E-state index < -0.39 is 0 Å². The normalized spacial score (nSPS) is 13.7. The summed E-state index contributed by atoms with van der Waals surface area (Å²) in [6.45, 7) is 0.552. The van der Waals surface area contributed by atoms with Crippen LogP contribution < -0.4 is 0 Å². The lowest BCUT2D eigenvalue weighted by Gasteiger charge is -2.13. The Morgan fingerprint density at radius 2 is 1.89 bits per heavy atom. The monoisotopic (exact) mass is 371 g/mol. The number of Topliss-reactive ketones (excluding diaryl/α,β-unsaturated/α-hetero) is 1. The van der Waals surface area contributed by atoms with Crippen LogP contribution in [-0.2, 0) is 17.8 Å². The van der Waals surface area contributed by atoms with E-state index in [4.69, 9.17) is 0 Å². The first-order chi connectivity index (χ1) is 13.7. The summed E-state index contributed by atoms with van der Waals surface area (Å²) >= 11 is 0. The highest BCUT2D eigenvalue weighted by Gasteiger charge is 2.20. The maximum atomic E-state index is 12.6. The van der Waals surface area contributed by atoms with Crippen molar-refractivity contribution >= 4 is 11.5 Å². The number of aliphatic hydroxyl groups excluding tert-OH is 1. The zero-order valence-corrected chi connectivity index (χ0v) is 15.5. The van der Waals surface area contributed by atoms with Crippen LogP contribution >= 0.6 is 0 Å². The van der Waals surface area contributed by atoms with Crippen molar-refractivity contribution in [1.29, 1.82) is 0 Å². The van der Waals surface area contributed by atoms with E-state index >= 15 is 0 Å². The predicted octanol–water partition coefficient (Wildman–Crippen LogP) is 3.11. The van der Waals surface area contributed by atoms with Gasteiger partial charge in [-0.15, -0.1) is 0 Å². The summed E-state index contributed by atoms with van der Waals surface area (Å²) in [7, 11) is 0. The van der Waals surface area contributed by atoms with Crippen LogP contribution in [0.15, 0.2) is 72.1 Å². The second-order valence-corrected chi connectivity index (χ2v) is 6.94. The van der Waals surface area contributed by atoms with Gasteiger partial charge < -0.3 is 5.11 Å². The lowest BCUT2D eigenvalue weighted by atomic mass is 9.93. The van der Waals surface area contributed by atoms with E-state index in [1.807, 2.05) is 54.7 Å². The van der Waals surface area contributed by atoms with E-state index in [1.165, 1.54) is 0 Å². The van der Waals surface area contributed by atoms with E-state index in [9.17, 15) is 9.90 Å². The Bertz CT molecular complexity index is 1000. The lowest BCUT2D eigenvalue weighted by molar-refractivity contribution is -0.119. The van der Waals surface area contributed by atoms with Crippen molar-refractivity contribution in [3.05, 3.63) is 95.1 Å². The maximum absolute atomic E-state index is 12.6. The molecule has 2 aromatic heterocycles. The number of aromatic nitrogens is 2. The molecule has 1 aliphatic heterocycles. The first-order valence-electron chi connectivity index (χ1n) is 9.35. The highest BCUT2D eigenvalue weighted by molar-refractivity contribution is 6.14.